The molecule has 3 amide bonds. The Hall–Kier alpha value is -2.85. The lowest BCUT2D eigenvalue weighted by atomic mass is 10.1. The summed E-state index contributed by atoms with van der Waals surface area (Å²) in [5, 5.41) is 1.22. The molecule has 176 valence electrons. The number of nitrogens with zero attached hydrogens (tertiary/aromatic N) is 4. The molecule has 0 spiro atoms. The average Bonchev–Trinajstić information content (AvgIpc) is 3.41. The molecule has 34 heavy (non-hydrogen) atoms. The van der Waals surface area contributed by atoms with Gasteiger partial charge in [0.25, 0.3) is 5.91 Å². The fraction of sp³-hybridized carbons (Fsp3) is 0.333. The van der Waals surface area contributed by atoms with Gasteiger partial charge < -0.3 is 4.74 Å². The molecule has 0 aliphatic carbocycles. The third-order valence-corrected chi connectivity index (χ3v) is 7.26. The molecule has 3 heterocycles. The van der Waals surface area contributed by atoms with Crippen molar-refractivity contribution in [2.75, 3.05) is 49.2 Å². The first kappa shape index (κ1) is 22.9. The summed E-state index contributed by atoms with van der Waals surface area (Å²) >= 11 is 7.57. The van der Waals surface area contributed by atoms with Crippen molar-refractivity contribution in [2.45, 2.75) is 12.8 Å². The summed E-state index contributed by atoms with van der Waals surface area (Å²) in [7, 11) is 0. The van der Waals surface area contributed by atoms with Crippen LogP contribution in [0, 0.1) is 0 Å². The summed E-state index contributed by atoms with van der Waals surface area (Å²) in [4.78, 5) is 47.5. The minimum absolute atomic E-state index is 0.191. The third-order valence-electron chi connectivity index (χ3n) is 5.98. The molecule has 0 atom stereocenters. The number of anilines is 2. The van der Waals surface area contributed by atoms with Crippen LogP contribution in [-0.2, 0) is 14.3 Å². The maximum Gasteiger partial charge on any atom is 0.260 e. The standard InChI is InChI=1S/C24H23ClN4O4S/c25-17-3-6-19-20(15-17)34-24(26-19)28(10-9-27-11-13-33-14-12-27)23(32)16-1-4-18(5-2-16)29-21(30)7-8-22(29)31/h1-6,15H,7-14H2. The predicted molar refractivity (Wildman–Crippen MR) is 132 cm³/mol. The quantitative estimate of drug-likeness (QED) is 0.483. The molecule has 0 radical (unpaired) electrons. The molecule has 1 aromatic heterocycles. The first-order valence-electron chi connectivity index (χ1n) is 11.1. The molecule has 10 heteroatoms. The molecular formula is C24H23ClN4O4S. The molecule has 3 aromatic rings. The fourth-order valence-corrected chi connectivity index (χ4v) is 5.39. The van der Waals surface area contributed by atoms with Gasteiger partial charge in [0.2, 0.25) is 11.8 Å². The van der Waals surface area contributed by atoms with Crippen molar-refractivity contribution >= 4 is 61.7 Å². The van der Waals surface area contributed by atoms with Crippen molar-refractivity contribution < 1.29 is 19.1 Å². The number of benzene rings is 2. The highest BCUT2D eigenvalue weighted by atomic mass is 35.5. The van der Waals surface area contributed by atoms with Crippen LogP contribution in [0.5, 0.6) is 0 Å². The lowest BCUT2D eigenvalue weighted by molar-refractivity contribution is -0.121. The van der Waals surface area contributed by atoms with Crippen LogP contribution in [0.3, 0.4) is 0 Å². The Balaban J connectivity index is 1.41. The van der Waals surface area contributed by atoms with Gasteiger partial charge in [0, 0.05) is 49.6 Å². The van der Waals surface area contributed by atoms with Gasteiger partial charge in [-0.15, -0.1) is 0 Å². The molecule has 2 aromatic carbocycles. The van der Waals surface area contributed by atoms with Gasteiger partial charge in [-0.05, 0) is 42.5 Å². The summed E-state index contributed by atoms with van der Waals surface area (Å²) in [5.41, 5.74) is 1.73. The third kappa shape index (κ3) is 4.69. The van der Waals surface area contributed by atoms with Gasteiger partial charge in [-0.1, -0.05) is 22.9 Å². The first-order valence-corrected chi connectivity index (χ1v) is 12.3. The highest BCUT2D eigenvalue weighted by Gasteiger charge is 2.30. The Kier molecular flexibility index (Phi) is 6.60. The lowest BCUT2D eigenvalue weighted by Crippen LogP contribution is -2.43. The minimum atomic E-state index is -0.218. The predicted octanol–water partition coefficient (Wildman–Crippen LogP) is 3.58. The molecule has 0 saturated carbocycles. The SMILES string of the molecule is O=C(c1ccc(N2C(=O)CCC2=O)cc1)N(CCN1CCOCC1)c1nc2ccc(Cl)cc2s1. The maximum absolute atomic E-state index is 13.6. The van der Waals surface area contributed by atoms with Crippen LogP contribution >= 0.6 is 22.9 Å². The van der Waals surface area contributed by atoms with Crippen molar-refractivity contribution in [3.8, 4) is 0 Å². The summed E-state index contributed by atoms with van der Waals surface area (Å²) < 4.78 is 6.34. The summed E-state index contributed by atoms with van der Waals surface area (Å²) in [6.07, 6.45) is 0.437. The van der Waals surface area contributed by atoms with Crippen molar-refractivity contribution in [1.82, 2.24) is 9.88 Å². The number of morpholine rings is 1. The second kappa shape index (κ2) is 9.79. The minimum Gasteiger partial charge on any atom is -0.379 e. The van der Waals surface area contributed by atoms with Crippen LogP contribution in [0.15, 0.2) is 42.5 Å². The molecule has 5 rings (SSSR count). The van der Waals surface area contributed by atoms with E-state index in [1.807, 2.05) is 12.1 Å². The summed E-state index contributed by atoms with van der Waals surface area (Å²) in [6, 6.07) is 12.1. The number of thiazole rings is 1. The number of halogens is 1. The number of rotatable bonds is 6. The Morgan fingerprint density at radius 3 is 2.47 bits per heavy atom. The average molecular weight is 499 g/mol. The molecule has 2 fully saturated rings. The molecule has 8 nitrogen and oxygen atoms in total. The Bertz CT molecular complexity index is 1220. The second-order valence-electron chi connectivity index (χ2n) is 8.19. The van der Waals surface area contributed by atoms with Crippen LogP contribution in [0.2, 0.25) is 5.02 Å². The summed E-state index contributed by atoms with van der Waals surface area (Å²) in [6.45, 7) is 4.18. The van der Waals surface area contributed by atoms with Gasteiger partial charge in [0.15, 0.2) is 5.13 Å². The molecule has 0 N–H and O–H groups in total. The molecular weight excluding hydrogens is 476 g/mol. The number of carbonyl (C=O) groups excluding carboxylic acids is 3. The van der Waals surface area contributed by atoms with Crippen LogP contribution in [0.1, 0.15) is 23.2 Å². The topological polar surface area (TPSA) is 83.1 Å². The highest BCUT2D eigenvalue weighted by Crippen LogP contribution is 2.32. The lowest BCUT2D eigenvalue weighted by Gasteiger charge is -2.29. The summed E-state index contributed by atoms with van der Waals surface area (Å²) in [5.74, 6) is -0.627. The van der Waals surface area contributed by atoms with Gasteiger partial charge in [-0.3, -0.25) is 29.1 Å². The van der Waals surface area contributed by atoms with Crippen LogP contribution in [0.25, 0.3) is 10.2 Å². The van der Waals surface area contributed by atoms with Gasteiger partial charge in [0.1, 0.15) is 0 Å². The Morgan fingerprint density at radius 1 is 1.06 bits per heavy atom. The number of aromatic nitrogens is 1. The number of fused-ring (bicyclic) bond motifs is 1. The first-order chi connectivity index (χ1) is 16.5. The van der Waals surface area contributed by atoms with Gasteiger partial charge in [0.05, 0.1) is 29.1 Å². The molecule has 2 saturated heterocycles. The van der Waals surface area contributed by atoms with E-state index in [4.69, 9.17) is 16.3 Å². The van der Waals surface area contributed by atoms with E-state index in [-0.39, 0.29) is 30.6 Å². The van der Waals surface area contributed by atoms with Crippen molar-refractivity contribution in [1.29, 1.82) is 0 Å². The molecule has 0 unspecified atom stereocenters. The van der Waals surface area contributed by atoms with Gasteiger partial charge in [-0.25, -0.2) is 4.98 Å². The van der Waals surface area contributed by atoms with E-state index in [1.54, 1.807) is 35.2 Å². The molecule has 2 aliphatic heterocycles. The fourth-order valence-electron chi connectivity index (χ4n) is 4.13. The highest BCUT2D eigenvalue weighted by molar-refractivity contribution is 7.22. The monoisotopic (exact) mass is 498 g/mol. The number of hydrogen-bond acceptors (Lipinski definition) is 7. The maximum atomic E-state index is 13.6. The van der Waals surface area contributed by atoms with E-state index in [1.165, 1.54) is 16.2 Å². The van der Waals surface area contributed by atoms with E-state index >= 15 is 0 Å². The van der Waals surface area contributed by atoms with Crippen LogP contribution in [0.4, 0.5) is 10.8 Å². The zero-order valence-corrected chi connectivity index (χ0v) is 20.0. The van der Waals surface area contributed by atoms with Crippen LogP contribution < -0.4 is 9.80 Å². The number of hydrogen-bond donors (Lipinski definition) is 0. The Morgan fingerprint density at radius 2 is 1.76 bits per heavy atom. The van der Waals surface area contributed by atoms with Crippen LogP contribution in [-0.4, -0.2) is 67.0 Å². The molecule has 2 aliphatic rings. The number of imide groups is 1. The largest absolute Gasteiger partial charge is 0.379 e. The van der Waals surface area contributed by atoms with Gasteiger partial charge >= 0.3 is 0 Å². The zero-order valence-electron chi connectivity index (χ0n) is 18.4. The van der Waals surface area contributed by atoms with E-state index in [2.05, 4.69) is 9.88 Å². The van der Waals surface area contributed by atoms with E-state index in [0.717, 1.165) is 23.3 Å². The van der Waals surface area contributed by atoms with E-state index < -0.39 is 0 Å². The van der Waals surface area contributed by atoms with Crippen molar-refractivity contribution in [3.63, 3.8) is 0 Å². The van der Waals surface area contributed by atoms with E-state index in [9.17, 15) is 14.4 Å². The smallest absolute Gasteiger partial charge is 0.260 e. The van der Waals surface area contributed by atoms with E-state index in [0.29, 0.717) is 47.7 Å². The number of ether oxygens (including phenoxy) is 1. The van der Waals surface area contributed by atoms with Crippen molar-refractivity contribution in [3.05, 3.63) is 53.1 Å². The van der Waals surface area contributed by atoms with Gasteiger partial charge in [-0.2, -0.15) is 0 Å². The second-order valence-corrected chi connectivity index (χ2v) is 9.63. The number of carbonyl (C=O) groups is 3. The number of amides is 3. The zero-order chi connectivity index (χ0) is 23.7. The Labute approximate surface area is 205 Å². The molecule has 0 bridgehead atoms. The normalized spacial score (nSPS) is 17.0. The van der Waals surface area contributed by atoms with Crippen molar-refractivity contribution in [2.24, 2.45) is 0 Å².